The number of nitrogens with two attached hydrogens (primary N) is 2. The molecule has 1 aromatic rings. The van der Waals surface area contributed by atoms with Crippen LogP contribution in [0.15, 0.2) is 11.0 Å². The quantitative estimate of drug-likeness (QED) is 0.789. The minimum atomic E-state index is -5.05. The molecule has 1 heterocycles. The van der Waals surface area contributed by atoms with Gasteiger partial charge in [0, 0.05) is 6.07 Å². The lowest BCUT2D eigenvalue weighted by molar-refractivity contribution is -0.276. The van der Waals surface area contributed by atoms with Crippen LogP contribution in [0.25, 0.3) is 0 Å². The summed E-state index contributed by atoms with van der Waals surface area (Å²) in [6.45, 7) is 0. The summed E-state index contributed by atoms with van der Waals surface area (Å²) in [7, 11) is -4.38. The number of nitrogens with zero attached hydrogens (tertiary/aromatic N) is 2. The Labute approximate surface area is 98.8 Å². The topological polar surface area (TPSA) is 132 Å². The van der Waals surface area contributed by atoms with Gasteiger partial charge in [-0.3, -0.25) is 0 Å². The number of sulfonamides is 1. The lowest BCUT2D eigenvalue weighted by Gasteiger charge is -2.10. The van der Waals surface area contributed by atoms with Gasteiger partial charge in [-0.1, -0.05) is 0 Å². The molecule has 0 aliphatic rings. The molecular weight excluding hydrogens is 277 g/mol. The van der Waals surface area contributed by atoms with Crippen LogP contribution in [0.3, 0.4) is 0 Å². The van der Waals surface area contributed by atoms with Crippen molar-refractivity contribution in [2.75, 3.05) is 5.73 Å². The second-order valence-corrected chi connectivity index (χ2v) is 4.43. The van der Waals surface area contributed by atoms with E-state index in [1.165, 1.54) is 6.07 Å². The summed E-state index contributed by atoms with van der Waals surface area (Å²) < 4.78 is 61.3. The van der Waals surface area contributed by atoms with E-state index in [1.807, 2.05) is 0 Å². The number of pyridine rings is 1. The maximum Gasteiger partial charge on any atom is 0.574 e. The number of aromatic nitrogens is 1. The van der Waals surface area contributed by atoms with Gasteiger partial charge in [0.05, 0.1) is 5.69 Å². The van der Waals surface area contributed by atoms with Crippen molar-refractivity contribution >= 4 is 15.7 Å². The number of alkyl halides is 3. The summed E-state index contributed by atoms with van der Waals surface area (Å²) in [4.78, 5) is 2.21. The van der Waals surface area contributed by atoms with E-state index >= 15 is 0 Å². The van der Waals surface area contributed by atoms with E-state index in [2.05, 4.69) is 9.72 Å². The Bertz CT molecular complexity index is 620. The highest BCUT2D eigenvalue weighted by molar-refractivity contribution is 7.89. The van der Waals surface area contributed by atoms with Gasteiger partial charge < -0.3 is 10.5 Å². The molecule has 7 nitrogen and oxygen atoms in total. The van der Waals surface area contributed by atoms with Gasteiger partial charge in [-0.05, 0) is 0 Å². The number of halogens is 3. The average molecular weight is 282 g/mol. The highest BCUT2D eigenvalue weighted by Gasteiger charge is 2.33. The number of nitriles is 1. The maximum absolute atomic E-state index is 11.9. The van der Waals surface area contributed by atoms with Crippen molar-refractivity contribution in [2.45, 2.75) is 11.3 Å². The number of nitrogen functional groups attached to an aromatic ring is 1. The molecule has 18 heavy (non-hydrogen) atoms. The van der Waals surface area contributed by atoms with Crippen LogP contribution in [0.1, 0.15) is 5.69 Å². The molecule has 1 aromatic heterocycles. The van der Waals surface area contributed by atoms with E-state index in [-0.39, 0.29) is 0 Å². The van der Waals surface area contributed by atoms with Crippen LogP contribution < -0.4 is 15.6 Å². The molecule has 0 saturated heterocycles. The smallest absolute Gasteiger partial charge is 0.397 e. The van der Waals surface area contributed by atoms with Crippen molar-refractivity contribution in [2.24, 2.45) is 5.14 Å². The van der Waals surface area contributed by atoms with Crippen LogP contribution in [0, 0.1) is 11.3 Å². The van der Waals surface area contributed by atoms with Crippen molar-refractivity contribution in [1.82, 2.24) is 4.98 Å². The minimum absolute atomic E-state index is 0.508. The molecule has 0 aromatic carbocycles. The molecular formula is C7H5F3N4O3S. The molecule has 0 amide bonds. The van der Waals surface area contributed by atoms with Gasteiger partial charge in [0.25, 0.3) is 0 Å². The zero-order valence-electron chi connectivity index (χ0n) is 8.39. The van der Waals surface area contributed by atoms with Crippen LogP contribution in [0.5, 0.6) is 5.88 Å². The van der Waals surface area contributed by atoms with Crippen LogP contribution in [0.4, 0.5) is 18.9 Å². The summed E-state index contributed by atoms with van der Waals surface area (Å²) in [5.74, 6) is -1.05. The Morgan fingerprint density at radius 2 is 2.00 bits per heavy atom. The standard InChI is InChI=1S/C7H5F3N4O3S/c8-7(9,10)17-5-1-3(12)6(18(13,15)16)4(2-11)14-5/h1H,(H2,12,14)(H2,13,15,16). The second kappa shape index (κ2) is 4.31. The minimum Gasteiger partial charge on any atom is -0.397 e. The largest absolute Gasteiger partial charge is 0.574 e. The molecule has 4 N–H and O–H groups in total. The molecule has 0 spiro atoms. The van der Waals surface area contributed by atoms with E-state index in [1.54, 1.807) is 0 Å². The number of primary sulfonamides is 1. The van der Waals surface area contributed by atoms with E-state index in [9.17, 15) is 21.6 Å². The number of ether oxygens (including phenoxy) is 1. The third-order valence-electron chi connectivity index (χ3n) is 1.59. The Morgan fingerprint density at radius 1 is 1.44 bits per heavy atom. The molecule has 1 rings (SSSR count). The molecule has 0 unspecified atom stereocenters. The molecule has 0 saturated carbocycles. The number of rotatable bonds is 2. The zero-order valence-corrected chi connectivity index (χ0v) is 9.21. The second-order valence-electron chi connectivity index (χ2n) is 2.93. The van der Waals surface area contributed by atoms with Gasteiger partial charge in [0.1, 0.15) is 11.0 Å². The third kappa shape index (κ3) is 3.22. The highest BCUT2D eigenvalue weighted by atomic mass is 32.2. The first-order valence-corrected chi connectivity index (χ1v) is 5.58. The van der Waals surface area contributed by atoms with Crippen LogP contribution >= 0.6 is 0 Å². The number of hydrogen-bond acceptors (Lipinski definition) is 6. The lowest BCUT2D eigenvalue weighted by Crippen LogP contribution is -2.20. The first-order chi connectivity index (χ1) is 8.04. The number of anilines is 1. The van der Waals surface area contributed by atoms with Gasteiger partial charge in [-0.2, -0.15) is 5.26 Å². The fourth-order valence-corrected chi connectivity index (χ4v) is 1.82. The third-order valence-corrected chi connectivity index (χ3v) is 2.59. The molecule has 0 atom stereocenters. The maximum atomic E-state index is 11.9. The van der Waals surface area contributed by atoms with E-state index in [0.29, 0.717) is 6.07 Å². The highest BCUT2D eigenvalue weighted by Crippen LogP contribution is 2.27. The molecule has 0 fully saturated rings. The van der Waals surface area contributed by atoms with Crippen LogP contribution in [0.2, 0.25) is 0 Å². The Balaban J connectivity index is 3.43. The van der Waals surface area contributed by atoms with Crippen LogP contribution in [-0.2, 0) is 10.0 Å². The fourth-order valence-electron chi connectivity index (χ4n) is 1.07. The summed E-state index contributed by atoms with van der Waals surface area (Å²) in [6.07, 6.45) is -5.05. The van der Waals surface area contributed by atoms with E-state index in [0.717, 1.165) is 0 Å². The Morgan fingerprint density at radius 3 is 2.39 bits per heavy atom. The normalized spacial score (nSPS) is 11.9. The average Bonchev–Trinajstić information content (AvgIpc) is 2.11. The predicted molar refractivity (Wildman–Crippen MR) is 51.4 cm³/mol. The van der Waals surface area contributed by atoms with Crippen molar-refractivity contribution in [1.29, 1.82) is 5.26 Å². The van der Waals surface area contributed by atoms with Gasteiger partial charge in [-0.25, -0.2) is 18.5 Å². The van der Waals surface area contributed by atoms with Gasteiger partial charge >= 0.3 is 6.36 Å². The van der Waals surface area contributed by atoms with Gasteiger partial charge in [0.2, 0.25) is 15.9 Å². The van der Waals surface area contributed by atoms with Gasteiger partial charge in [-0.15, -0.1) is 13.2 Å². The molecule has 98 valence electrons. The summed E-state index contributed by atoms with van der Waals surface area (Å²) >= 11 is 0. The summed E-state index contributed by atoms with van der Waals surface area (Å²) in [5.41, 5.74) is 3.66. The van der Waals surface area contributed by atoms with Crippen molar-refractivity contribution in [3.63, 3.8) is 0 Å². The monoisotopic (exact) mass is 282 g/mol. The summed E-state index contributed by atoms with van der Waals surface area (Å²) in [6, 6.07) is 1.78. The SMILES string of the molecule is N#Cc1nc(OC(F)(F)F)cc(N)c1S(N)(=O)=O. The molecule has 0 radical (unpaired) electrons. The van der Waals surface area contributed by atoms with Crippen molar-refractivity contribution in [3.8, 4) is 11.9 Å². The van der Waals surface area contributed by atoms with Crippen molar-refractivity contribution in [3.05, 3.63) is 11.8 Å². The molecule has 0 aliphatic carbocycles. The van der Waals surface area contributed by atoms with E-state index < -0.39 is 38.5 Å². The zero-order chi connectivity index (χ0) is 14.1. The molecule has 0 aliphatic heterocycles. The first-order valence-electron chi connectivity index (χ1n) is 4.04. The summed E-state index contributed by atoms with van der Waals surface area (Å²) in [5, 5.41) is 13.4. The lowest BCUT2D eigenvalue weighted by atomic mass is 10.3. The van der Waals surface area contributed by atoms with Crippen molar-refractivity contribution < 1.29 is 26.3 Å². The fraction of sp³-hybridized carbons (Fsp3) is 0.143. The molecule has 11 heteroatoms. The van der Waals surface area contributed by atoms with E-state index in [4.69, 9.17) is 16.1 Å². The van der Waals surface area contributed by atoms with Gasteiger partial charge in [0.15, 0.2) is 5.69 Å². The Kier molecular flexibility index (Phi) is 3.36. The predicted octanol–water partition coefficient (Wildman–Crippen LogP) is 0.0815. The Hall–Kier alpha value is -2.06. The number of hydrogen-bond donors (Lipinski definition) is 2. The van der Waals surface area contributed by atoms with Crippen LogP contribution in [-0.4, -0.2) is 19.8 Å². The molecule has 0 bridgehead atoms. The first kappa shape index (κ1) is 14.0.